The molecule has 0 bridgehead atoms. The van der Waals surface area contributed by atoms with E-state index in [1.54, 1.807) is 0 Å². The van der Waals surface area contributed by atoms with E-state index in [9.17, 15) is 4.79 Å². The van der Waals surface area contributed by atoms with Gasteiger partial charge in [0.05, 0.1) is 19.3 Å². The number of carbonyl (C=O) groups excluding carboxylic acids is 1. The summed E-state index contributed by atoms with van der Waals surface area (Å²) in [6.07, 6.45) is 0.695. The molecule has 0 aliphatic rings. The van der Waals surface area contributed by atoms with E-state index < -0.39 is 5.91 Å². The molecule has 0 spiro atoms. The number of carbonyl (C=O) groups is 1. The van der Waals surface area contributed by atoms with Crippen LogP contribution in [-0.4, -0.2) is 25.5 Å². The maximum atomic E-state index is 11.1. The van der Waals surface area contributed by atoms with Crippen LogP contribution in [0.1, 0.15) is 16.8 Å². The van der Waals surface area contributed by atoms with Crippen LogP contribution in [-0.2, 0) is 0 Å². The molecule has 0 radical (unpaired) electrons. The lowest BCUT2D eigenvalue weighted by molar-refractivity contribution is 0.100. The average molecular weight is 259 g/mol. The van der Waals surface area contributed by atoms with Crippen LogP contribution in [0.25, 0.3) is 0 Å². The lowest BCUT2D eigenvalue weighted by atomic mass is 10.1. The number of nitrogen functional groups attached to an aromatic ring is 1. The molecule has 0 unspecified atom stereocenters. The molecule has 1 rings (SSSR count). The van der Waals surface area contributed by atoms with Crippen molar-refractivity contribution in [3.05, 3.63) is 17.7 Å². The molecular weight excluding hydrogens is 244 g/mol. The van der Waals surface area contributed by atoms with Gasteiger partial charge in [0.1, 0.15) is 0 Å². The van der Waals surface area contributed by atoms with Gasteiger partial charge in [-0.2, -0.15) is 0 Å². The van der Waals surface area contributed by atoms with Gasteiger partial charge in [-0.3, -0.25) is 4.79 Å². The second-order valence-corrected chi connectivity index (χ2v) is 3.72. The number of amides is 1. The summed E-state index contributed by atoms with van der Waals surface area (Å²) in [7, 11) is 1.49. The summed E-state index contributed by atoms with van der Waals surface area (Å²) in [5.74, 6) is 0.787. The normalized spacial score (nSPS) is 10.0. The molecule has 0 aliphatic heterocycles. The van der Waals surface area contributed by atoms with E-state index in [4.69, 9.17) is 32.5 Å². The van der Waals surface area contributed by atoms with Gasteiger partial charge >= 0.3 is 0 Å². The number of benzene rings is 1. The van der Waals surface area contributed by atoms with Gasteiger partial charge in [-0.25, -0.2) is 0 Å². The highest BCUT2D eigenvalue weighted by Gasteiger charge is 2.13. The molecule has 0 saturated carbocycles. The predicted octanol–water partition coefficient (Wildman–Crippen LogP) is 1.38. The fourth-order valence-electron chi connectivity index (χ4n) is 1.30. The fourth-order valence-corrected chi connectivity index (χ4v) is 1.41. The molecule has 1 aromatic rings. The quantitative estimate of drug-likeness (QED) is 0.458. The Morgan fingerprint density at radius 1 is 1.41 bits per heavy atom. The van der Waals surface area contributed by atoms with Crippen LogP contribution in [0.5, 0.6) is 11.5 Å². The molecule has 1 amide bonds. The van der Waals surface area contributed by atoms with Crippen LogP contribution in [0.3, 0.4) is 0 Å². The lowest BCUT2D eigenvalue weighted by Gasteiger charge is -2.12. The molecule has 0 aromatic heterocycles. The zero-order valence-corrected chi connectivity index (χ0v) is 10.3. The van der Waals surface area contributed by atoms with E-state index in [0.717, 1.165) is 0 Å². The zero-order chi connectivity index (χ0) is 12.8. The maximum absolute atomic E-state index is 11.1. The summed E-state index contributed by atoms with van der Waals surface area (Å²) < 4.78 is 10.5. The first-order valence-corrected chi connectivity index (χ1v) is 5.59. The van der Waals surface area contributed by atoms with E-state index in [1.165, 1.54) is 19.2 Å². The number of anilines is 1. The van der Waals surface area contributed by atoms with Crippen molar-refractivity contribution < 1.29 is 14.3 Å². The highest BCUT2D eigenvalue weighted by molar-refractivity contribution is 6.17. The second kappa shape index (κ2) is 6.20. The van der Waals surface area contributed by atoms with Crippen molar-refractivity contribution >= 4 is 23.2 Å². The SMILES string of the molecule is COc1cc(N)c(C(N)=O)cc1OCCCCl. The first-order valence-electron chi connectivity index (χ1n) is 5.06. The first-order chi connectivity index (χ1) is 8.10. The summed E-state index contributed by atoms with van der Waals surface area (Å²) in [6.45, 7) is 0.433. The molecule has 1 aromatic carbocycles. The van der Waals surface area contributed by atoms with Gasteiger partial charge in [-0.05, 0) is 12.5 Å². The Bertz CT molecular complexity index is 410. The summed E-state index contributed by atoms with van der Waals surface area (Å²) in [6, 6.07) is 2.99. The molecular formula is C11H15ClN2O3. The highest BCUT2D eigenvalue weighted by Crippen LogP contribution is 2.32. The number of primary amides is 1. The third kappa shape index (κ3) is 3.42. The van der Waals surface area contributed by atoms with E-state index in [2.05, 4.69) is 0 Å². The minimum Gasteiger partial charge on any atom is -0.493 e. The monoisotopic (exact) mass is 258 g/mol. The highest BCUT2D eigenvalue weighted by atomic mass is 35.5. The Kier molecular flexibility index (Phi) is 4.90. The fraction of sp³-hybridized carbons (Fsp3) is 0.364. The van der Waals surface area contributed by atoms with Crippen LogP contribution in [0.15, 0.2) is 12.1 Å². The molecule has 5 nitrogen and oxygen atoms in total. The zero-order valence-electron chi connectivity index (χ0n) is 9.53. The number of rotatable bonds is 6. The molecule has 0 aliphatic carbocycles. The van der Waals surface area contributed by atoms with E-state index in [-0.39, 0.29) is 11.3 Å². The Morgan fingerprint density at radius 3 is 2.65 bits per heavy atom. The van der Waals surface area contributed by atoms with Crippen molar-refractivity contribution in [2.45, 2.75) is 6.42 Å². The lowest BCUT2D eigenvalue weighted by Crippen LogP contribution is -2.14. The van der Waals surface area contributed by atoms with Gasteiger partial charge in [0, 0.05) is 17.6 Å². The van der Waals surface area contributed by atoms with Crippen molar-refractivity contribution in [1.82, 2.24) is 0 Å². The summed E-state index contributed by atoms with van der Waals surface area (Å²) in [4.78, 5) is 11.1. The van der Waals surface area contributed by atoms with Crippen molar-refractivity contribution in [2.24, 2.45) is 5.73 Å². The van der Waals surface area contributed by atoms with Crippen LogP contribution in [0, 0.1) is 0 Å². The standard InChI is InChI=1S/C11H15ClN2O3/c1-16-9-6-8(13)7(11(14)15)5-10(9)17-4-2-3-12/h5-6H,2-4,13H2,1H3,(H2,14,15). The molecule has 94 valence electrons. The second-order valence-electron chi connectivity index (χ2n) is 3.35. The van der Waals surface area contributed by atoms with Crippen molar-refractivity contribution in [3.63, 3.8) is 0 Å². The minimum absolute atomic E-state index is 0.215. The molecule has 0 atom stereocenters. The third-order valence-electron chi connectivity index (χ3n) is 2.14. The number of hydrogen-bond donors (Lipinski definition) is 2. The largest absolute Gasteiger partial charge is 0.493 e. The van der Waals surface area contributed by atoms with Gasteiger partial charge in [0.15, 0.2) is 11.5 Å². The first kappa shape index (κ1) is 13.4. The maximum Gasteiger partial charge on any atom is 0.250 e. The number of nitrogens with two attached hydrogens (primary N) is 2. The topological polar surface area (TPSA) is 87.6 Å². The molecule has 6 heteroatoms. The van der Waals surface area contributed by atoms with Crippen molar-refractivity contribution in [2.75, 3.05) is 25.3 Å². The van der Waals surface area contributed by atoms with E-state index >= 15 is 0 Å². The van der Waals surface area contributed by atoms with Gasteiger partial charge in [-0.1, -0.05) is 0 Å². The molecule has 0 saturated heterocycles. The van der Waals surface area contributed by atoms with E-state index in [1.807, 2.05) is 0 Å². The Hall–Kier alpha value is -1.62. The smallest absolute Gasteiger partial charge is 0.250 e. The minimum atomic E-state index is -0.604. The van der Waals surface area contributed by atoms with Gasteiger partial charge in [0.2, 0.25) is 0 Å². The Labute approximate surface area is 105 Å². The van der Waals surface area contributed by atoms with Crippen LogP contribution in [0.2, 0.25) is 0 Å². The molecule has 0 heterocycles. The van der Waals surface area contributed by atoms with Gasteiger partial charge in [0.25, 0.3) is 5.91 Å². The van der Waals surface area contributed by atoms with Crippen LogP contribution in [0.4, 0.5) is 5.69 Å². The van der Waals surface area contributed by atoms with Crippen molar-refractivity contribution in [3.8, 4) is 11.5 Å². The molecule has 0 fully saturated rings. The predicted molar refractivity (Wildman–Crippen MR) is 66.8 cm³/mol. The van der Waals surface area contributed by atoms with Gasteiger partial charge in [-0.15, -0.1) is 11.6 Å². The molecule has 17 heavy (non-hydrogen) atoms. The van der Waals surface area contributed by atoms with Crippen LogP contribution < -0.4 is 20.9 Å². The van der Waals surface area contributed by atoms with Crippen LogP contribution >= 0.6 is 11.6 Å². The number of ether oxygens (including phenoxy) is 2. The van der Waals surface area contributed by atoms with E-state index in [0.29, 0.717) is 30.4 Å². The number of methoxy groups -OCH3 is 1. The Balaban J connectivity index is 2.99. The van der Waals surface area contributed by atoms with Gasteiger partial charge < -0.3 is 20.9 Å². The summed E-state index contributed by atoms with van der Waals surface area (Å²) >= 11 is 5.54. The summed E-state index contributed by atoms with van der Waals surface area (Å²) in [5.41, 5.74) is 11.3. The Morgan fingerprint density at radius 2 is 2.12 bits per heavy atom. The number of hydrogen-bond acceptors (Lipinski definition) is 4. The average Bonchev–Trinajstić information content (AvgIpc) is 2.30. The number of alkyl halides is 1. The summed E-state index contributed by atoms with van der Waals surface area (Å²) in [5, 5.41) is 0. The van der Waals surface area contributed by atoms with Crippen molar-refractivity contribution in [1.29, 1.82) is 0 Å². The molecule has 4 N–H and O–H groups in total. The third-order valence-corrected chi connectivity index (χ3v) is 2.40. The number of halogens is 1.